The van der Waals surface area contributed by atoms with E-state index < -0.39 is 0 Å². The Morgan fingerprint density at radius 2 is 2.21 bits per heavy atom. The van der Waals surface area contributed by atoms with Gasteiger partial charge >= 0.3 is 0 Å². The first-order chi connectivity index (χ1) is 6.69. The summed E-state index contributed by atoms with van der Waals surface area (Å²) in [5.41, 5.74) is 1.12. The van der Waals surface area contributed by atoms with Crippen molar-refractivity contribution in [2.24, 2.45) is 0 Å². The molecule has 1 aromatic heterocycles. The van der Waals surface area contributed by atoms with Crippen LogP contribution in [0.1, 0.15) is 37.7 Å². The van der Waals surface area contributed by atoms with E-state index in [4.69, 9.17) is 0 Å². The summed E-state index contributed by atoms with van der Waals surface area (Å²) >= 11 is 0. The third-order valence-corrected chi connectivity index (χ3v) is 2.68. The minimum atomic E-state index is 0.437. The normalized spacial score (nSPS) is 15.1. The van der Waals surface area contributed by atoms with E-state index in [1.165, 1.54) is 0 Å². The summed E-state index contributed by atoms with van der Waals surface area (Å²) in [5.74, 6) is 1.28. The van der Waals surface area contributed by atoms with Gasteiger partial charge < -0.3 is 5.32 Å². The summed E-state index contributed by atoms with van der Waals surface area (Å²) in [7, 11) is 2.00. The average molecular weight is 193 g/mol. The summed E-state index contributed by atoms with van der Waals surface area (Å²) in [5, 5.41) is 3.31. The molecule has 0 aliphatic heterocycles. The molecule has 0 amide bonds. The monoisotopic (exact) mass is 193 g/mol. The van der Waals surface area contributed by atoms with Crippen molar-refractivity contribution in [1.82, 2.24) is 15.3 Å². The third-order valence-electron chi connectivity index (χ3n) is 2.68. The van der Waals surface area contributed by atoms with E-state index in [1.807, 2.05) is 26.2 Å². The highest BCUT2D eigenvalue weighted by Crippen LogP contribution is 2.18. The zero-order chi connectivity index (χ0) is 10.6. The van der Waals surface area contributed by atoms with Crippen LogP contribution in [0.25, 0.3) is 0 Å². The lowest BCUT2D eigenvalue weighted by Gasteiger charge is -2.21. The molecule has 2 unspecified atom stereocenters. The Morgan fingerprint density at radius 1 is 1.50 bits per heavy atom. The number of hydrogen-bond acceptors (Lipinski definition) is 3. The lowest BCUT2D eigenvalue weighted by molar-refractivity contribution is 0.464. The molecule has 0 saturated heterocycles. The van der Waals surface area contributed by atoms with Crippen LogP contribution in [0.15, 0.2) is 12.3 Å². The molecule has 0 fully saturated rings. The van der Waals surface area contributed by atoms with Gasteiger partial charge in [0.15, 0.2) is 0 Å². The maximum Gasteiger partial charge on any atom is 0.125 e. The Bertz CT molecular complexity index is 282. The molecule has 3 nitrogen and oxygen atoms in total. The van der Waals surface area contributed by atoms with Gasteiger partial charge in [0.1, 0.15) is 5.82 Å². The molecule has 0 saturated carbocycles. The Hall–Kier alpha value is -0.960. The number of nitrogens with zero attached hydrogens (tertiary/aromatic N) is 2. The molecule has 14 heavy (non-hydrogen) atoms. The smallest absolute Gasteiger partial charge is 0.125 e. The SMILES string of the molecule is CCC(NC)C(C)c1ccnc(C)n1. The molecule has 1 N–H and O–H groups in total. The van der Waals surface area contributed by atoms with Gasteiger partial charge in [0.05, 0.1) is 0 Å². The molecule has 0 spiro atoms. The molecular weight excluding hydrogens is 174 g/mol. The van der Waals surface area contributed by atoms with Crippen molar-refractivity contribution in [1.29, 1.82) is 0 Å². The molecule has 0 radical (unpaired) electrons. The second-order valence-electron chi connectivity index (χ2n) is 3.62. The first-order valence-electron chi connectivity index (χ1n) is 5.15. The van der Waals surface area contributed by atoms with Gasteiger partial charge in [0.2, 0.25) is 0 Å². The molecule has 1 rings (SSSR count). The Labute approximate surface area is 86.0 Å². The van der Waals surface area contributed by atoms with Crippen molar-refractivity contribution < 1.29 is 0 Å². The van der Waals surface area contributed by atoms with Crippen LogP contribution in [-0.4, -0.2) is 23.1 Å². The summed E-state index contributed by atoms with van der Waals surface area (Å²) < 4.78 is 0. The van der Waals surface area contributed by atoms with Crippen LogP contribution in [0.2, 0.25) is 0 Å². The number of aromatic nitrogens is 2. The number of nitrogens with one attached hydrogen (secondary N) is 1. The molecule has 0 aliphatic rings. The van der Waals surface area contributed by atoms with Gasteiger partial charge in [0.25, 0.3) is 0 Å². The quantitative estimate of drug-likeness (QED) is 0.793. The van der Waals surface area contributed by atoms with Crippen LogP contribution in [-0.2, 0) is 0 Å². The fourth-order valence-electron chi connectivity index (χ4n) is 1.74. The van der Waals surface area contributed by atoms with Crippen LogP contribution < -0.4 is 5.32 Å². The maximum atomic E-state index is 4.44. The molecule has 3 heteroatoms. The number of hydrogen-bond donors (Lipinski definition) is 1. The minimum Gasteiger partial charge on any atom is -0.316 e. The topological polar surface area (TPSA) is 37.8 Å². The zero-order valence-corrected chi connectivity index (χ0v) is 9.41. The van der Waals surface area contributed by atoms with Crippen LogP contribution >= 0.6 is 0 Å². The second-order valence-corrected chi connectivity index (χ2v) is 3.62. The first-order valence-corrected chi connectivity index (χ1v) is 5.15. The lowest BCUT2D eigenvalue weighted by atomic mass is 9.96. The van der Waals surface area contributed by atoms with Gasteiger partial charge in [-0.25, -0.2) is 9.97 Å². The van der Waals surface area contributed by atoms with E-state index in [-0.39, 0.29) is 0 Å². The molecule has 0 aromatic carbocycles. The third kappa shape index (κ3) is 2.51. The highest BCUT2D eigenvalue weighted by molar-refractivity contribution is 5.09. The van der Waals surface area contributed by atoms with E-state index in [2.05, 4.69) is 29.1 Å². The largest absolute Gasteiger partial charge is 0.316 e. The van der Waals surface area contributed by atoms with Crippen LogP contribution in [0.4, 0.5) is 0 Å². The number of likely N-dealkylation sites (N-methyl/N-ethyl adjacent to an activating group) is 1. The number of rotatable bonds is 4. The van der Waals surface area contributed by atoms with Crippen molar-refractivity contribution in [3.63, 3.8) is 0 Å². The van der Waals surface area contributed by atoms with E-state index in [0.717, 1.165) is 17.9 Å². The van der Waals surface area contributed by atoms with Crippen LogP contribution in [0.5, 0.6) is 0 Å². The van der Waals surface area contributed by atoms with Crippen molar-refractivity contribution >= 4 is 0 Å². The van der Waals surface area contributed by atoms with Gasteiger partial charge in [-0.05, 0) is 26.5 Å². The molecular formula is C11H19N3. The Balaban J connectivity index is 2.82. The number of aryl methyl sites for hydroxylation is 1. The van der Waals surface area contributed by atoms with Crippen LogP contribution in [0, 0.1) is 6.92 Å². The fraction of sp³-hybridized carbons (Fsp3) is 0.636. The zero-order valence-electron chi connectivity index (χ0n) is 9.41. The van der Waals surface area contributed by atoms with Gasteiger partial charge in [-0.15, -0.1) is 0 Å². The summed E-state index contributed by atoms with van der Waals surface area (Å²) in [6.45, 7) is 6.31. The highest BCUT2D eigenvalue weighted by Gasteiger charge is 2.16. The Kier molecular flexibility index (Phi) is 4.01. The molecule has 2 atom stereocenters. The van der Waals surface area contributed by atoms with Crippen molar-refractivity contribution in [2.45, 2.75) is 39.2 Å². The van der Waals surface area contributed by atoms with Gasteiger partial charge in [0, 0.05) is 23.9 Å². The van der Waals surface area contributed by atoms with Crippen LogP contribution in [0.3, 0.4) is 0 Å². The summed E-state index contributed by atoms with van der Waals surface area (Å²) in [6, 6.07) is 2.49. The van der Waals surface area contributed by atoms with E-state index >= 15 is 0 Å². The maximum absolute atomic E-state index is 4.44. The highest BCUT2D eigenvalue weighted by atomic mass is 14.9. The molecule has 78 valence electrons. The standard InChI is InChI=1S/C11H19N3/c1-5-10(12-4)8(2)11-6-7-13-9(3)14-11/h6-8,10,12H,5H2,1-4H3. The van der Waals surface area contributed by atoms with E-state index in [9.17, 15) is 0 Å². The van der Waals surface area contributed by atoms with E-state index in [0.29, 0.717) is 12.0 Å². The molecule has 1 heterocycles. The second kappa shape index (κ2) is 5.05. The predicted octanol–water partition coefficient (Wildman–Crippen LogP) is 1.89. The van der Waals surface area contributed by atoms with Crippen molar-refractivity contribution in [2.75, 3.05) is 7.05 Å². The molecule has 0 bridgehead atoms. The van der Waals surface area contributed by atoms with Gasteiger partial charge in [-0.1, -0.05) is 13.8 Å². The first kappa shape index (κ1) is 11.1. The van der Waals surface area contributed by atoms with Gasteiger partial charge in [-0.3, -0.25) is 0 Å². The molecule has 0 aliphatic carbocycles. The van der Waals surface area contributed by atoms with E-state index in [1.54, 1.807) is 0 Å². The summed E-state index contributed by atoms with van der Waals surface area (Å²) in [6.07, 6.45) is 2.94. The summed E-state index contributed by atoms with van der Waals surface area (Å²) in [4.78, 5) is 8.54. The predicted molar refractivity (Wildman–Crippen MR) is 58.3 cm³/mol. The minimum absolute atomic E-state index is 0.437. The average Bonchev–Trinajstić information content (AvgIpc) is 2.19. The van der Waals surface area contributed by atoms with Gasteiger partial charge in [-0.2, -0.15) is 0 Å². The molecule has 1 aromatic rings. The van der Waals surface area contributed by atoms with Crippen molar-refractivity contribution in [3.05, 3.63) is 23.8 Å². The lowest BCUT2D eigenvalue weighted by Crippen LogP contribution is -2.30. The van der Waals surface area contributed by atoms with Crippen molar-refractivity contribution in [3.8, 4) is 0 Å². The fourth-order valence-corrected chi connectivity index (χ4v) is 1.74. The Morgan fingerprint density at radius 3 is 2.71 bits per heavy atom.